The minimum atomic E-state index is -0.529. The van der Waals surface area contributed by atoms with Gasteiger partial charge in [0.05, 0.1) is 11.4 Å². The minimum Gasteiger partial charge on any atom is -0.387 e. The quantitative estimate of drug-likeness (QED) is 0.627. The molecule has 0 N–H and O–H groups in total. The number of piperazine rings is 1. The van der Waals surface area contributed by atoms with Crippen molar-refractivity contribution in [2.24, 2.45) is 0 Å². The Morgan fingerprint density at radius 1 is 1.14 bits per heavy atom. The molecule has 0 bridgehead atoms. The molecule has 0 spiro atoms. The Labute approximate surface area is 166 Å². The number of carbonyl (C=O) groups is 1. The van der Waals surface area contributed by atoms with E-state index in [2.05, 4.69) is 15.0 Å². The van der Waals surface area contributed by atoms with Gasteiger partial charge >= 0.3 is 5.76 Å². The van der Waals surface area contributed by atoms with Crippen molar-refractivity contribution < 1.29 is 9.21 Å². The van der Waals surface area contributed by atoms with Gasteiger partial charge in [0.25, 0.3) is 5.89 Å². The summed E-state index contributed by atoms with van der Waals surface area (Å²) in [6.45, 7) is 4.14. The van der Waals surface area contributed by atoms with E-state index in [1.165, 1.54) is 21.6 Å². The molecule has 1 saturated heterocycles. The molecule has 4 rings (SSSR count). The number of hydrogen-bond acceptors (Lipinski definition) is 7. The van der Waals surface area contributed by atoms with Crippen molar-refractivity contribution in [2.75, 3.05) is 26.2 Å². The normalized spacial score (nSPS) is 15.1. The zero-order valence-electron chi connectivity index (χ0n) is 15.4. The molecule has 0 aliphatic carbocycles. The summed E-state index contributed by atoms with van der Waals surface area (Å²) in [6, 6.07) is 7.74. The van der Waals surface area contributed by atoms with Crippen molar-refractivity contribution in [3.63, 3.8) is 0 Å². The third kappa shape index (κ3) is 4.37. The lowest BCUT2D eigenvalue weighted by Crippen LogP contribution is -2.48. The van der Waals surface area contributed by atoms with Crippen molar-refractivity contribution in [1.29, 1.82) is 0 Å². The Kier molecular flexibility index (Phi) is 5.63. The molecular weight excluding hydrogens is 378 g/mol. The molecule has 1 aliphatic heterocycles. The van der Waals surface area contributed by atoms with E-state index in [4.69, 9.17) is 4.42 Å². The van der Waals surface area contributed by atoms with Crippen LogP contribution in [-0.2, 0) is 17.9 Å². The Balaban J connectivity index is 1.27. The molecule has 0 unspecified atom stereocenters. The number of aryl methyl sites for hydroxylation is 1. The standard InChI is InChI=1S/C19H21N5O3S/c25-17(5-8-24-19(26)27-18(21-24)16-2-1-13-28-16)23-11-9-22(10-12-23)14-15-3-6-20-7-4-15/h1-4,6-7,13H,5,8-12,14H2. The third-order valence-electron chi connectivity index (χ3n) is 4.76. The van der Waals surface area contributed by atoms with E-state index in [9.17, 15) is 9.59 Å². The lowest BCUT2D eigenvalue weighted by atomic mass is 10.2. The average Bonchev–Trinajstić information content (AvgIpc) is 3.37. The number of amides is 1. The van der Waals surface area contributed by atoms with E-state index >= 15 is 0 Å². The maximum Gasteiger partial charge on any atom is 0.437 e. The van der Waals surface area contributed by atoms with Gasteiger partial charge in [0.2, 0.25) is 5.91 Å². The molecule has 146 valence electrons. The second-order valence-corrected chi connectivity index (χ2v) is 7.58. The number of pyridine rings is 1. The fourth-order valence-electron chi connectivity index (χ4n) is 3.21. The topological polar surface area (TPSA) is 84.5 Å². The third-order valence-corrected chi connectivity index (χ3v) is 5.61. The highest BCUT2D eigenvalue weighted by Crippen LogP contribution is 2.21. The summed E-state index contributed by atoms with van der Waals surface area (Å²) < 4.78 is 6.41. The second kappa shape index (κ2) is 8.49. The van der Waals surface area contributed by atoms with Crippen molar-refractivity contribution >= 4 is 17.2 Å². The van der Waals surface area contributed by atoms with E-state index < -0.39 is 5.76 Å². The Bertz CT molecular complexity index is 959. The number of rotatable bonds is 6. The molecule has 1 aliphatic rings. The van der Waals surface area contributed by atoms with Crippen molar-refractivity contribution in [1.82, 2.24) is 24.6 Å². The summed E-state index contributed by atoms with van der Waals surface area (Å²) in [4.78, 5) is 33.5. The molecule has 0 saturated carbocycles. The van der Waals surface area contributed by atoms with Crippen molar-refractivity contribution in [3.8, 4) is 10.8 Å². The van der Waals surface area contributed by atoms with E-state index in [0.29, 0.717) is 19.0 Å². The molecule has 4 heterocycles. The van der Waals surface area contributed by atoms with Gasteiger partial charge in [-0.15, -0.1) is 16.4 Å². The summed E-state index contributed by atoms with van der Waals surface area (Å²) in [6.07, 6.45) is 3.83. The Morgan fingerprint density at radius 2 is 1.93 bits per heavy atom. The SMILES string of the molecule is O=C(CCn1nc(-c2cccs2)oc1=O)N1CCN(Cc2ccncc2)CC1. The van der Waals surface area contributed by atoms with Crippen LogP contribution in [0.3, 0.4) is 0 Å². The maximum absolute atomic E-state index is 12.5. The summed E-state index contributed by atoms with van der Waals surface area (Å²) in [7, 11) is 0. The molecule has 1 fully saturated rings. The maximum atomic E-state index is 12.5. The summed E-state index contributed by atoms with van der Waals surface area (Å²) in [5.74, 6) is -0.188. The summed E-state index contributed by atoms with van der Waals surface area (Å²) in [5, 5.41) is 6.09. The number of aromatic nitrogens is 3. The van der Waals surface area contributed by atoms with Crippen molar-refractivity contribution in [3.05, 3.63) is 58.2 Å². The van der Waals surface area contributed by atoms with Crippen LogP contribution in [0.15, 0.2) is 51.3 Å². The highest BCUT2D eigenvalue weighted by molar-refractivity contribution is 7.13. The zero-order valence-corrected chi connectivity index (χ0v) is 16.2. The molecule has 1 amide bonds. The van der Waals surface area contributed by atoms with Gasteiger partial charge in [-0.2, -0.15) is 4.68 Å². The highest BCUT2D eigenvalue weighted by Gasteiger charge is 2.21. The van der Waals surface area contributed by atoms with Gasteiger partial charge < -0.3 is 9.32 Å². The van der Waals surface area contributed by atoms with Crippen LogP contribution in [-0.4, -0.2) is 56.7 Å². The molecule has 0 atom stereocenters. The smallest absolute Gasteiger partial charge is 0.387 e. The van der Waals surface area contributed by atoms with Gasteiger partial charge in [0, 0.05) is 51.5 Å². The number of thiophene rings is 1. The molecule has 3 aromatic heterocycles. The van der Waals surface area contributed by atoms with Crippen LogP contribution in [0.2, 0.25) is 0 Å². The van der Waals surface area contributed by atoms with E-state index in [1.54, 1.807) is 12.4 Å². The number of hydrogen-bond donors (Lipinski definition) is 0. The first-order valence-electron chi connectivity index (χ1n) is 9.20. The number of carbonyl (C=O) groups excluding carboxylic acids is 1. The van der Waals surface area contributed by atoms with E-state index in [1.807, 2.05) is 34.5 Å². The molecule has 0 aromatic carbocycles. The average molecular weight is 399 g/mol. The first-order valence-corrected chi connectivity index (χ1v) is 10.1. The van der Waals surface area contributed by atoms with E-state index in [-0.39, 0.29) is 18.9 Å². The highest BCUT2D eigenvalue weighted by atomic mass is 32.1. The first-order chi connectivity index (χ1) is 13.7. The summed E-state index contributed by atoms with van der Waals surface area (Å²) in [5.41, 5.74) is 1.22. The zero-order chi connectivity index (χ0) is 19.3. The molecule has 3 aromatic rings. The predicted octanol–water partition coefficient (Wildman–Crippen LogP) is 1.69. The summed E-state index contributed by atoms with van der Waals surface area (Å²) >= 11 is 1.45. The van der Waals surface area contributed by atoms with Crippen LogP contribution in [0, 0.1) is 0 Å². The Morgan fingerprint density at radius 3 is 2.64 bits per heavy atom. The van der Waals surface area contributed by atoms with Gasteiger partial charge in [-0.05, 0) is 29.1 Å². The lowest BCUT2D eigenvalue weighted by Gasteiger charge is -2.34. The van der Waals surface area contributed by atoms with Crippen LogP contribution in [0.1, 0.15) is 12.0 Å². The minimum absolute atomic E-state index is 0.0381. The molecule has 9 heteroatoms. The second-order valence-electron chi connectivity index (χ2n) is 6.64. The van der Waals surface area contributed by atoms with Gasteiger partial charge in [-0.3, -0.25) is 14.7 Å². The van der Waals surface area contributed by atoms with Gasteiger partial charge in [0.1, 0.15) is 0 Å². The van der Waals surface area contributed by atoms with Crippen LogP contribution < -0.4 is 5.76 Å². The van der Waals surface area contributed by atoms with Crippen LogP contribution >= 0.6 is 11.3 Å². The lowest BCUT2D eigenvalue weighted by molar-refractivity contribution is -0.133. The van der Waals surface area contributed by atoms with Crippen LogP contribution in [0.4, 0.5) is 0 Å². The van der Waals surface area contributed by atoms with Crippen molar-refractivity contribution in [2.45, 2.75) is 19.5 Å². The fourth-order valence-corrected chi connectivity index (χ4v) is 3.85. The molecule has 8 nitrogen and oxygen atoms in total. The number of nitrogens with zero attached hydrogens (tertiary/aromatic N) is 5. The predicted molar refractivity (Wildman–Crippen MR) is 105 cm³/mol. The Hall–Kier alpha value is -2.78. The van der Waals surface area contributed by atoms with Gasteiger partial charge in [-0.25, -0.2) is 4.79 Å². The molecule has 28 heavy (non-hydrogen) atoms. The van der Waals surface area contributed by atoms with Crippen LogP contribution in [0.5, 0.6) is 0 Å². The van der Waals surface area contributed by atoms with Crippen LogP contribution in [0.25, 0.3) is 10.8 Å². The first kappa shape index (κ1) is 18.6. The molecular formula is C19H21N5O3S. The monoisotopic (exact) mass is 399 g/mol. The van der Waals surface area contributed by atoms with Gasteiger partial charge in [-0.1, -0.05) is 6.07 Å². The largest absolute Gasteiger partial charge is 0.437 e. The molecule has 0 radical (unpaired) electrons. The fraction of sp³-hybridized carbons (Fsp3) is 0.368. The van der Waals surface area contributed by atoms with Gasteiger partial charge in [0.15, 0.2) is 0 Å². The van der Waals surface area contributed by atoms with E-state index in [0.717, 1.165) is 24.5 Å².